The van der Waals surface area contributed by atoms with Gasteiger partial charge in [-0.1, -0.05) is 224 Å². The van der Waals surface area contributed by atoms with Gasteiger partial charge in [0.25, 0.3) is 0 Å². The van der Waals surface area contributed by atoms with Crippen molar-refractivity contribution in [2.75, 3.05) is 0 Å². The van der Waals surface area contributed by atoms with Gasteiger partial charge < -0.3 is 0 Å². The van der Waals surface area contributed by atoms with Gasteiger partial charge >= 0.3 is 0 Å². The Morgan fingerprint density at radius 3 is 1.32 bits per heavy atom. The summed E-state index contributed by atoms with van der Waals surface area (Å²) in [6.45, 7) is 0. The molecule has 0 unspecified atom stereocenters. The van der Waals surface area contributed by atoms with Gasteiger partial charge in [0, 0.05) is 0 Å². The largest absolute Gasteiger partial charge is 0.0731 e. The first-order valence-corrected chi connectivity index (χ1v) is 24.9. The van der Waals surface area contributed by atoms with E-state index in [9.17, 15) is 0 Å². The van der Waals surface area contributed by atoms with Crippen molar-refractivity contribution < 1.29 is 0 Å². The maximum Gasteiger partial charge on any atom is 0.0731 e. The number of fused-ring (bicyclic) bond motifs is 21. The number of benzene rings is 14. The molecule has 0 aliphatic heterocycles. The van der Waals surface area contributed by atoms with E-state index < -0.39 is 5.41 Å². The molecule has 0 heterocycles. The standard InChI is InChI=1S/C71H42/c1-2-19-45-42-66-63(40-44(45)18-1)69-55-29-8-7-26-52(55)61-39-46(36-37-60(61)70(69)71(66)64-34-15-13-27-53(64)54-28-14-16-35-65(54)71)43-21-17-22-48(38-43)67-56-30-9-11-32-58(56)68(59-33-12-10-31-57(59)67)62-41-47-20-3-4-23-49(47)50-24-5-6-25-51(50)62/h1-42H. The normalized spacial score (nSPS) is 13.2. The Morgan fingerprint density at radius 2 is 0.662 bits per heavy atom. The molecule has 0 saturated heterocycles. The van der Waals surface area contributed by atoms with E-state index in [2.05, 4.69) is 255 Å². The molecule has 0 aromatic heterocycles. The zero-order valence-electron chi connectivity index (χ0n) is 38.7. The molecule has 0 atom stereocenters. The van der Waals surface area contributed by atoms with Crippen molar-refractivity contribution in [3.63, 3.8) is 0 Å². The zero-order chi connectivity index (χ0) is 46.4. The van der Waals surface area contributed by atoms with Crippen LogP contribution in [0.25, 0.3) is 131 Å². The van der Waals surface area contributed by atoms with Crippen LogP contribution in [0.2, 0.25) is 0 Å². The minimum Gasteiger partial charge on any atom is -0.0619 e. The molecule has 0 heteroatoms. The highest BCUT2D eigenvalue weighted by molar-refractivity contribution is 6.26. The summed E-state index contributed by atoms with van der Waals surface area (Å²) in [4.78, 5) is 0. The first kappa shape index (κ1) is 38.8. The van der Waals surface area contributed by atoms with Crippen LogP contribution in [0.1, 0.15) is 22.3 Å². The van der Waals surface area contributed by atoms with E-state index in [1.807, 2.05) is 0 Å². The maximum absolute atomic E-state index is 2.51. The fraction of sp³-hybridized carbons (Fsp3) is 0.0141. The van der Waals surface area contributed by atoms with Gasteiger partial charge in [-0.05, 0) is 184 Å². The lowest BCUT2D eigenvalue weighted by atomic mass is 9.69. The summed E-state index contributed by atoms with van der Waals surface area (Å²) in [5, 5.41) is 17.8. The van der Waals surface area contributed by atoms with Crippen LogP contribution in [0.4, 0.5) is 0 Å². The Morgan fingerprint density at radius 1 is 0.197 bits per heavy atom. The maximum atomic E-state index is 2.51. The summed E-state index contributed by atoms with van der Waals surface area (Å²) in [5.74, 6) is 0. The lowest BCUT2D eigenvalue weighted by Gasteiger charge is -2.32. The van der Waals surface area contributed by atoms with Crippen molar-refractivity contribution in [1.29, 1.82) is 0 Å². The highest BCUT2D eigenvalue weighted by atomic mass is 14.5. The molecule has 0 saturated carbocycles. The molecule has 1 spiro atoms. The molecule has 0 amide bonds. The summed E-state index contributed by atoms with van der Waals surface area (Å²) in [5.41, 5.74) is 17.8. The van der Waals surface area contributed by atoms with Crippen LogP contribution in [0.15, 0.2) is 255 Å². The molecule has 14 aromatic rings. The Bertz CT molecular complexity index is 4540. The Hall–Kier alpha value is -9.10. The van der Waals surface area contributed by atoms with Gasteiger partial charge in [-0.2, -0.15) is 0 Å². The molecule has 0 fully saturated rings. The van der Waals surface area contributed by atoms with E-state index in [0.29, 0.717) is 0 Å². The monoisotopic (exact) mass is 894 g/mol. The summed E-state index contributed by atoms with van der Waals surface area (Å²) < 4.78 is 0. The van der Waals surface area contributed by atoms with Crippen LogP contribution in [0.5, 0.6) is 0 Å². The molecule has 0 bridgehead atoms. The summed E-state index contributed by atoms with van der Waals surface area (Å²) in [6.07, 6.45) is 0. The van der Waals surface area contributed by atoms with Gasteiger partial charge in [0.15, 0.2) is 0 Å². The van der Waals surface area contributed by atoms with Crippen molar-refractivity contribution in [3.05, 3.63) is 277 Å². The van der Waals surface area contributed by atoms with Crippen LogP contribution >= 0.6 is 0 Å². The minimum atomic E-state index is -0.487. The molecular weight excluding hydrogens is 853 g/mol. The number of hydrogen-bond donors (Lipinski definition) is 0. The average molecular weight is 895 g/mol. The van der Waals surface area contributed by atoms with Crippen LogP contribution in [-0.4, -0.2) is 0 Å². The number of hydrogen-bond acceptors (Lipinski definition) is 0. The molecule has 0 radical (unpaired) electrons. The summed E-state index contributed by atoms with van der Waals surface area (Å²) >= 11 is 0. The smallest absolute Gasteiger partial charge is 0.0619 e. The van der Waals surface area contributed by atoms with Gasteiger partial charge in [-0.25, -0.2) is 0 Å². The third-order valence-corrected chi connectivity index (χ3v) is 16.4. The van der Waals surface area contributed by atoms with Crippen molar-refractivity contribution >= 4 is 75.4 Å². The highest BCUT2D eigenvalue weighted by Gasteiger charge is 2.53. The number of rotatable bonds is 3. The van der Waals surface area contributed by atoms with E-state index >= 15 is 0 Å². The SMILES string of the molecule is c1cc(-c2ccc3c4c(c5ccccc5c3c2)-c2cc3ccccc3cc2C42c3ccccc3-c3ccccc32)cc(-c2c3ccccc3c(-c3cc4ccccc4c4ccccc34)c3ccccc23)c1. The van der Waals surface area contributed by atoms with Gasteiger partial charge in [-0.3, -0.25) is 0 Å². The molecule has 0 N–H and O–H groups in total. The van der Waals surface area contributed by atoms with E-state index in [-0.39, 0.29) is 0 Å². The molecular formula is C71H42. The molecule has 326 valence electrons. The predicted octanol–water partition coefficient (Wildman–Crippen LogP) is 19.1. The van der Waals surface area contributed by atoms with E-state index in [4.69, 9.17) is 0 Å². The summed E-state index contributed by atoms with van der Waals surface area (Å²) in [6, 6.07) is 96.3. The zero-order valence-corrected chi connectivity index (χ0v) is 38.7. The third kappa shape index (κ3) is 5.18. The van der Waals surface area contributed by atoms with Crippen LogP contribution < -0.4 is 0 Å². The molecule has 0 nitrogen and oxygen atoms in total. The Balaban J connectivity index is 0.941. The quantitative estimate of drug-likeness (QED) is 0.122. The molecule has 2 aliphatic carbocycles. The van der Waals surface area contributed by atoms with E-state index in [1.165, 1.54) is 153 Å². The first-order valence-electron chi connectivity index (χ1n) is 24.9. The topological polar surface area (TPSA) is 0 Å². The van der Waals surface area contributed by atoms with Crippen molar-refractivity contribution in [1.82, 2.24) is 0 Å². The van der Waals surface area contributed by atoms with E-state index in [1.54, 1.807) is 0 Å². The second kappa shape index (κ2) is 14.5. The minimum absolute atomic E-state index is 0.487. The van der Waals surface area contributed by atoms with Gasteiger partial charge in [0.2, 0.25) is 0 Å². The van der Waals surface area contributed by atoms with Crippen LogP contribution in [-0.2, 0) is 5.41 Å². The first-order chi connectivity index (χ1) is 35.2. The second-order valence-corrected chi connectivity index (χ2v) is 19.8. The Labute approximate surface area is 411 Å². The predicted molar refractivity (Wildman–Crippen MR) is 302 cm³/mol. The van der Waals surface area contributed by atoms with Gasteiger partial charge in [-0.15, -0.1) is 0 Å². The van der Waals surface area contributed by atoms with Crippen molar-refractivity contribution in [3.8, 4) is 55.6 Å². The van der Waals surface area contributed by atoms with Crippen LogP contribution in [0.3, 0.4) is 0 Å². The molecule has 14 aromatic carbocycles. The average Bonchev–Trinajstić information content (AvgIpc) is 3.91. The fourth-order valence-electron chi connectivity index (χ4n) is 13.6. The third-order valence-electron chi connectivity index (χ3n) is 16.4. The lowest BCUT2D eigenvalue weighted by molar-refractivity contribution is 0.803. The van der Waals surface area contributed by atoms with Crippen LogP contribution in [0, 0.1) is 0 Å². The second-order valence-electron chi connectivity index (χ2n) is 19.8. The highest BCUT2D eigenvalue weighted by Crippen LogP contribution is 2.66. The Kier molecular flexibility index (Phi) is 7.91. The lowest BCUT2D eigenvalue weighted by Crippen LogP contribution is -2.26. The molecule has 16 rings (SSSR count). The van der Waals surface area contributed by atoms with Gasteiger partial charge in [0.05, 0.1) is 5.41 Å². The van der Waals surface area contributed by atoms with Crippen molar-refractivity contribution in [2.45, 2.75) is 5.41 Å². The molecule has 2 aliphatic rings. The van der Waals surface area contributed by atoms with E-state index in [0.717, 1.165) is 0 Å². The summed E-state index contributed by atoms with van der Waals surface area (Å²) in [7, 11) is 0. The molecule has 71 heavy (non-hydrogen) atoms. The fourth-order valence-corrected chi connectivity index (χ4v) is 13.6. The van der Waals surface area contributed by atoms with Gasteiger partial charge in [0.1, 0.15) is 0 Å². The van der Waals surface area contributed by atoms with Crippen molar-refractivity contribution in [2.24, 2.45) is 0 Å².